The van der Waals surface area contributed by atoms with Crippen LogP contribution in [-0.4, -0.2) is 17.1 Å². The molecule has 0 aliphatic heterocycles. The topological polar surface area (TPSA) is 55.0 Å². The lowest BCUT2D eigenvalue weighted by Gasteiger charge is -2.06. The molecule has 24 heavy (non-hydrogen) atoms. The van der Waals surface area contributed by atoms with Gasteiger partial charge in [0, 0.05) is 0 Å². The predicted octanol–water partition coefficient (Wildman–Crippen LogP) is 4.74. The van der Waals surface area contributed by atoms with Crippen LogP contribution < -0.4 is 10.3 Å². The Balaban J connectivity index is 2.08. The van der Waals surface area contributed by atoms with Crippen LogP contribution in [0.2, 0.25) is 0 Å². The molecule has 1 N–H and O–H groups in total. The molecule has 3 aromatic rings. The molecular weight excluding hydrogens is 392 g/mol. The van der Waals surface area contributed by atoms with Gasteiger partial charge in [0.2, 0.25) is 0 Å². The molecule has 2 aromatic carbocycles. The molecule has 0 aliphatic carbocycles. The van der Waals surface area contributed by atoms with Crippen molar-refractivity contribution in [2.24, 2.45) is 0 Å². The number of hydrogen-bond acceptors (Lipinski definition) is 3. The van der Waals surface area contributed by atoms with Gasteiger partial charge in [-0.05, 0) is 58.3 Å². The van der Waals surface area contributed by atoms with E-state index in [2.05, 4.69) is 25.9 Å². The Morgan fingerprint density at radius 1 is 1.33 bits per heavy atom. The molecule has 0 saturated carbocycles. The van der Waals surface area contributed by atoms with E-state index in [4.69, 9.17) is 16.3 Å². The molecule has 0 aliphatic rings. The summed E-state index contributed by atoms with van der Waals surface area (Å²) in [5, 5.41) is 0.907. The van der Waals surface area contributed by atoms with Crippen LogP contribution in [0.1, 0.15) is 17.0 Å². The number of nitrogens with zero attached hydrogens (tertiary/aromatic N) is 1. The van der Waals surface area contributed by atoms with Gasteiger partial charge in [-0.1, -0.05) is 29.8 Å². The maximum Gasteiger partial charge on any atom is 0.259 e. The first-order valence-corrected chi connectivity index (χ1v) is 8.37. The number of halogens is 2. The number of ether oxygens (including phenoxy) is 1. The molecule has 4 nitrogen and oxygen atoms in total. The van der Waals surface area contributed by atoms with Crippen LogP contribution in [-0.2, 0) is 0 Å². The largest absolute Gasteiger partial charge is 0.496 e. The number of nitrogens with one attached hydrogen (secondary N) is 1. The second-order valence-electron chi connectivity index (χ2n) is 5.27. The van der Waals surface area contributed by atoms with Crippen molar-refractivity contribution in [1.82, 2.24) is 9.97 Å². The first-order valence-electron chi connectivity index (χ1n) is 7.20. The maximum absolute atomic E-state index is 12.2. The van der Waals surface area contributed by atoms with E-state index in [-0.39, 0.29) is 5.56 Å². The fourth-order valence-electron chi connectivity index (χ4n) is 2.41. The highest BCUT2D eigenvalue weighted by Gasteiger charge is 2.09. The van der Waals surface area contributed by atoms with Gasteiger partial charge in [-0.25, -0.2) is 4.98 Å². The standard InChI is InChI=1S/C18H14BrClN2O2/c1-10-4-3-5-12-16(10)21-17(22-18(12)23)14(20)9-11-6-7-15(24-2)13(19)8-11/h3-9H,1-2H3,(H,21,22,23)/b14-9-. The average Bonchev–Trinajstić information content (AvgIpc) is 2.56. The van der Waals surface area contributed by atoms with Crippen LogP contribution in [0.25, 0.3) is 22.0 Å². The van der Waals surface area contributed by atoms with Crippen molar-refractivity contribution in [3.63, 3.8) is 0 Å². The van der Waals surface area contributed by atoms with Gasteiger partial charge >= 0.3 is 0 Å². The number of aryl methyl sites for hydroxylation is 1. The molecule has 3 rings (SSSR count). The van der Waals surface area contributed by atoms with E-state index in [1.807, 2.05) is 37.3 Å². The zero-order chi connectivity index (χ0) is 17.3. The normalized spacial score (nSPS) is 11.8. The molecule has 0 spiro atoms. The lowest BCUT2D eigenvalue weighted by atomic mass is 10.1. The molecule has 6 heteroatoms. The van der Waals surface area contributed by atoms with Crippen molar-refractivity contribution in [2.45, 2.75) is 6.92 Å². The van der Waals surface area contributed by atoms with Gasteiger partial charge in [-0.3, -0.25) is 4.79 Å². The van der Waals surface area contributed by atoms with E-state index in [0.717, 1.165) is 21.3 Å². The number of methoxy groups -OCH3 is 1. The summed E-state index contributed by atoms with van der Waals surface area (Å²) in [7, 11) is 1.61. The minimum absolute atomic E-state index is 0.207. The summed E-state index contributed by atoms with van der Waals surface area (Å²) in [6.07, 6.45) is 1.74. The molecule has 0 fully saturated rings. The summed E-state index contributed by atoms with van der Waals surface area (Å²) in [6, 6.07) is 11.1. The van der Waals surface area contributed by atoms with E-state index in [1.54, 1.807) is 19.3 Å². The first-order chi connectivity index (χ1) is 11.5. The maximum atomic E-state index is 12.2. The van der Waals surface area contributed by atoms with E-state index in [0.29, 0.717) is 21.8 Å². The summed E-state index contributed by atoms with van der Waals surface area (Å²) < 4.78 is 6.02. The van der Waals surface area contributed by atoms with Crippen molar-refractivity contribution in [3.05, 3.63) is 68.2 Å². The second-order valence-corrected chi connectivity index (χ2v) is 6.53. The fourth-order valence-corrected chi connectivity index (χ4v) is 3.18. The average molecular weight is 406 g/mol. The zero-order valence-corrected chi connectivity index (χ0v) is 15.4. The van der Waals surface area contributed by atoms with Crippen molar-refractivity contribution < 1.29 is 4.74 Å². The van der Waals surface area contributed by atoms with Crippen LogP contribution in [0.5, 0.6) is 5.75 Å². The highest BCUT2D eigenvalue weighted by Crippen LogP contribution is 2.28. The van der Waals surface area contributed by atoms with Crippen LogP contribution in [0, 0.1) is 6.92 Å². The number of rotatable bonds is 3. The van der Waals surface area contributed by atoms with E-state index in [9.17, 15) is 4.79 Å². The van der Waals surface area contributed by atoms with Crippen LogP contribution in [0.15, 0.2) is 45.7 Å². The third-order valence-corrected chi connectivity index (χ3v) is 4.54. The summed E-state index contributed by atoms with van der Waals surface area (Å²) in [5.74, 6) is 1.08. The summed E-state index contributed by atoms with van der Waals surface area (Å²) in [5.41, 5.74) is 2.23. The van der Waals surface area contributed by atoms with Crippen molar-refractivity contribution in [1.29, 1.82) is 0 Å². The Labute approximate surface area is 152 Å². The molecule has 122 valence electrons. The number of fused-ring (bicyclic) bond motifs is 1. The minimum atomic E-state index is -0.207. The highest BCUT2D eigenvalue weighted by molar-refractivity contribution is 9.10. The number of H-pyrrole nitrogens is 1. The molecule has 1 heterocycles. The Bertz CT molecular complexity index is 1010. The van der Waals surface area contributed by atoms with E-state index >= 15 is 0 Å². The van der Waals surface area contributed by atoms with Gasteiger partial charge < -0.3 is 9.72 Å². The molecule has 0 unspecified atom stereocenters. The van der Waals surface area contributed by atoms with Crippen molar-refractivity contribution in [2.75, 3.05) is 7.11 Å². The number of benzene rings is 2. The Kier molecular flexibility index (Phi) is 4.73. The molecule has 0 saturated heterocycles. The van der Waals surface area contributed by atoms with Gasteiger partial charge in [0.25, 0.3) is 5.56 Å². The lowest BCUT2D eigenvalue weighted by molar-refractivity contribution is 0.412. The molecule has 0 atom stereocenters. The monoisotopic (exact) mass is 404 g/mol. The fraction of sp³-hybridized carbons (Fsp3) is 0.111. The predicted molar refractivity (Wildman–Crippen MR) is 102 cm³/mol. The minimum Gasteiger partial charge on any atom is -0.496 e. The van der Waals surface area contributed by atoms with Crippen LogP contribution in [0.4, 0.5) is 0 Å². The summed E-state index contributed by atoms with van der Waals surface area (Å²) in [4.78, 5) is 19.5. The number of para-hydroxylation sites is 1. The number of aromatic amines is 1. The van der Waals surface area contributed by atoms with Gasteiger partial charge in [-0.2, -0.15) is 0 Å². The third-order valence-electron chi connectivity index (χ3n) is 3.63. The lowest BCUT2D eigenvalue weighted by Crippen LogP contribution is -2.11. The van der Waals surface area contributed by atoms with Gasteiger partial charge in [0.15, 0.2) is 5.82 Å². The second kappa shape index (κ2) is 6.79. The third kappa shape index (κ3) is 3.23. The smallest absolute Gasteiger partial charge is 0.259 e. The Morgan fingerprint density at radius 3 is 2.83 bits per heavy atom. The zero-order valence-electron chi connectivity index (χ0n) is 13.1. The van der Waals surface area contributed by atoms with E-state index in [1.165, 1.54) is 0 Å². The quantitative estimate of drug-likeness (QED) is 0.685. The van der Waals surface area contributed by atoms with Gasteiger partial charge in [-0.15, -0.1) is 0 Å². The summed E-state index contributed by atoms with van der Waals surface area (Å²) >= 11 is 9.81. The van der Waals surface area contributed by atoms with Crippen LogP contribution in [0.3, 0.4) is 0 Å². The van der Waals surface area contributed by atoms with Crippen molar-refractivity contribution >= 4 is 49.5 Å². The first kappa shape index (κ1) is 16.7. The van der Waals surface area contributed by atoms with Gasteiger partial charge in [0.1, 0.15) is 5.75 Å². The molecule has 0 amide bonds. The summed E-state index contributed by atoms with van der Waals surface area (Å²) in [6.45, 7) is 1.91. The molecule has 1 aromatic heterocycles. The van der Waals surface area contributed by atoms with Crippen molar-refractivity contribution in [3.8, 4) is 5.75 Å². The molecular formula is C18H14BrClN2O2. The molecule has 0 bridgehead atoms. The van der Waals surface area contributed by atoms with Gasteiger partial charge in [0.05, 0.1) is 27.5 Å². The number of aromatic nitrogens is 2. The SMILES string of the molecule is COc1ccc(/C=C(\Cl)c2nc3c(C)cccc3c(=O)[nH]2)cc1Br. The van der Waals surface area contributed by atoms with Crippen LogP contribution >= 0.6 is 27.5 Å². The Morgan fingerprint density at radius 2 is 2.12 bits per heavy atom. The number of hydrogen-bond donors (Lipinski definition) is 1. The molecule has 0 radical (unpaired) electrons. The highest BCUT2D eigenvalue weighted by atomic mass is 79.9. The Hall–Kier alpha value is -2.11. The van der Waals surface area contributed by atoms with E-state index < -0.39 is 0 Å².